The summed E-state index contributed by atoms with van der Waals surface area (Å²) in [6.07, 6.45) is 1.08. The number of fused-ring (bicyclic) bond motifs is 1. The minimum absolute atomic E-state index is 0.0443. The van der Waals surface area contributed by atoms with Crippen LogP contribution in [0.3, 0.4) is 0 Å². The largest absolute Gasteiger partial charge is 0.481 e. The predicted molar refractivity (Wildman–Crippen MR) is 106 cm³/mol. The first kappa shape index (κ1) is 19.0. The molecule has 0 spiro atoms. The number of aliphatic carboxylic acids is 1. The molecule has 27 heavy (non-hydrogen) atoms. The number of hydrogen-bond donors (Lipinski definition) is 2. The molecule has 0 aromatic heterocycles. The molecule has 1 aliphatic heterocycles. The van der Waals surface area contributed by atoms with Crippen LogP contribution in [-0.4, -0.2) is 35.7 Å². The van der Waals surface area contributed by atoms with E-state index in [1.54, 1.807) is 30.1 Å². The molecular weight excluding hydrogens is 364 g/mol. The number of benzene rings is 2. The molecule has 0 unspecified atom stereocenters. The highest BCUT2D eigenvalue weighted by Gasteiger charge is 2.21. The first-order chi connectivity index (χ1) is 12.9. The van der Waals surface area contributed by atoms with E-state index in [1.165, 1.54) is 11.8 Å². The Morgan fingerprint density at radius 2 is 2.00 bits per heavy atom. The maximum Gasteiger partial charge on any atom is 0.313 e. The molecule has 2 aromatic carbocycles. The zero-order chi connectivity index (χ0) is 19.4. The molecule has 0 fully saturated rings. The van der Waals surface area contributed by atoms with Crippen molar-refractivity contribution >= 4 is 40.9 Å². The van der Waals surface area contributed by atoms with Crippen LogP contribution in [0.25, 0.3) is 0 Å². The van der Waals surface area contributed by atoms with Crippen molar-refractivity contribution in [2.24, 2.45) is 0 Å². The van der Waals surface area contributed by atoms with Gasteiger partial charge < -0.3 is 15.3 Å². The first-order valence-corrected chi connectivity index (χ1v) is 9.69. The molecule has 0 atom stereocenters. The van der Waals surface area contributed by atoms with Crippen LogP contribution in [0, 0.1) is 0 Å². The van der Waals surface area contributed by atoms with E-state index in [-0.39, 0.29) is 17.6 Å². The van der Waals surface area contributed by atoms with Gasteiger partial charge in [0.25, 0.3) is 5.91 Å². The highest BCUT2D eigenvalue weighted by molar-refractivity contribution is 7.99. The summed E-state index contributed by atoms with van der Waals surface area (Å²) in [7, 11) is 1.74. The number of carbonyl (C=O) groups is 3. The quantitative estimate of drug-likeness (QED) is 0.799. The van der Waals surface area contributed by atoms with Gasteiger partial charge in [-0.1, -0.05) is 12.1 Å². The summed E-state index contributed by atoms with van der Waals surface area (Å²) in [5, 5.41) is 11.6. The van der Waals surface area contributed by atoms with E-state index in [0.717, 1.165) is 16.8 Å². The Kier molecular flexibility index (Phi) is 5.81. The maximum absolute atomic E-state index is 12.6. The predicted octanol–water partition coefficient (Wildman–Crippen LogP) is 3.17. The monoisotopic (exact) mass is 384 g/mol. The van der Waals surface area contributed by atoms with E-state index in [9.17, 15) is 14.4 Å². The second kappa shape index (κ2) is 8.26. The van der Waals surface area contributed by atoms with Gasteiger partial charge in [0.1, 0.15) is 0 Å². The van der Waals surface area contributed by atoms with Crippen molar-refractivity contribution in [1.82, 2.24) is 0 Å². The summed E-state index contributed by atoms with van der Waals surface area (Å²) in [4.78, 5) is 36.6. The maximum atomic E-state index is 12.6. The number of aryl methyl sites for hydroxylation is 1. The Bertz CT molecular complexity index is 897. The summed E-state index contributed by atoms with van der Waals surface area (Å²) < 4.78 is 0. The Morgan fingerprint density at radius 3 is 2.78 bits per heavy atom. The Hall–Kier alpha value is -2.80. The van der Waals surface area contributed by atoms with Gasteiger partial charge in [-0.2, -0.15) is 0 Å². The molecule has 1 aliphatic rings. The van der Waals surface area contributed by atoms with Crippen molar-refractivity contribution in [3.05, 3.63) is 59.2 Å². The van der Waals surface area contributed by atoms with E-state index in [4.69, 9.17) is 5.11 Å². The number of carboxylic acid groups (broad SMARTS) is 1. The van der Waals surface area contributed by atoms with Gasteiger partial charge in [-0.05, 0) is 47.9 Å². The number of rotatable bonds is 6. The zero-order valence-electron chi connectivity index (χ0n) is 14.9. The van der Waals surface area contributed by atoms with Gasteiger partial charge in [0, 0.05) is 36.2 Å². The number of carboxylic acids is 1. The average Bonchev–Trinajstić information content (AvgIpc) is 2.64. The molecule has 3 rings (SSSR count). The van der Waals surface area contributed by atoms with Crippen molar-refractivity contribution in [3.8, 4) is 0 Å². The topological polar surface area (TPSA) is 86.7 Å². The van der Waals surface area contributed by atoms with Crippen LogP contribution in [0.1, 0.15) is 27.9 Å². The number of amides is 2. The van der Waals surface area contributed by atoms with Crippen LogP contribution in [-0.2, 0) is 21.8 Å². The number of anilines is 2. The number of hydrogen-bond acceptors (Lipinski definition) is 4. The fraction of sp³-hybridized carbons (Fsp3) is 0.250. The second-order valence-electron chi connectivity index (χ2n) is 6.34. The van der Waals surface area contributed by atoms with Gasteiger partial charge in [0.05, 0.1) is 5.75 Å². The number of carbonyl (C=O) groups excluding carboxylic acids is 2. The van der Waals surface area contributed by atoms with E-state index in [2.05, 4.69) is 5.32 Å². The highest BCUT2D eigenvalue weighted by Crippen LogP contribution is 2.28. The van der Waals surface area contributed by atoms with Crippen LogP contribution in [0.15, 0.2) is 42.5 Å². The first-order valence-electron chi connectivity index (χ1n) is 8.53. The minimum atomic E-state index is -0.843. The molecule has 6 nitrogen and oxygen atoms in total. The second-order valence-corrected chi connectivity index (χ2v) is 7.32. The molecule has 0 radical (unpaired) electrons. The summed E-state index contributed by atoms with van der Waals surface area (Å²) in [5.74, 6) is -0.369. The molecule has 1 heterocycles. The lowest BCUT2D eigenvalue weighted by Crippen LogP contribution is -2.31. The lowest BCUT2D eigenvalue weighted by molar-refractivity contribution is -0.133. The number of thioether (sulfide) groups is 1. The molecule has 0 bridgehead atoms. The number of nitrogens with one attached hydrogen (secondary N) is 1. The molecule has 2 amide bonds. The summed E-state index contributed by atoms with van der Waals surface area (Å²) in [6.45, 7) is 0. The average molecular weight is 384 g/mol. The zero-order valence-corrected chi connectivity index (χ0v) is 15.7. The Morgan fingerprint density at radius 1 is 1.19 bits per heavy atom. The van der Waals surface area contributed by atoms with Gasteiger partial charge in [0.2, 0.25) is 5.91 Å². The van der Waals surface area contributed by atoms with Crippen LogP contribution in [0.2, 0.25) is 0 Å². The smallest absolute Gasteiger partial charge is 0.313 e. The molecule has 0 saturated carbocycles. The van der Waals surface area contributed by atoms with Crippen molar-refractivity contribution in [3.63, 3.8) is 0 Å². The standard InChI is InChI=1S/C20H20N2O4S/c1-22-17-7-5-15(10-14(17)6-8-18(22)23)20(26)21-16-4-2-3-13(9-16)11-27-12-19(24)25/h2-5,7,9-10H,6,8,11-12H2,1H3,(H,21,26)(H,24,25). The number of nitrogens with zero attached hydrogens (tertiary/aromatic N) is 1. The molecule has 0 saturated heterocycles. The van der Waals surface area contributed by atoms with Crippen molar-refractivity contribution in [2.45, 2.75) is 18.6 Å². The Balaban J connectivity index is 1.69. The third-order valence-electron chi connectivity index (χ3n) is 4.36. The summed E-state index contributed by atoms with van der Waals surface area (Å²) in [5.41, 5.74) is 3.99. The summed E-state index contributed by atoms with van der Waals surface area (Å²) >= 11 is 1.31. The van der Waals surface area contributed by atoms with Gasteiger partial charge in [-0.25, -0.2) is 0 Å². The van der Waals surface area contributed by atoms with Crippen LogP contribution < -0.4 is 10.2 Å². The minimum Gasteiger partial charge on any atom is -0.481 e. The third kappa shape index (κ3) is 4.68. The fourth-order valence-corrected chi connectivity index (χ4v) is 3.69. The molecular formula is C20H20N2O4S. The van der Waals surface area contributed by atoms with E-state index in [1.807, 2.05) is 24.3 Å². The highest BCUT2D eigenvalue weighted by atomic mass is 32.2. The molecule has 140 valence electrons. The van der Waals surface area contributed by atoms with E-state index in [0.29, 0.717) is 29.8 Å². The SMILES string of the molecule is CN1C(=O)CCc2cc(C(=O)Nc3cccc(CSCC(=O)O)c3)ccc21. The van der Waals surface area contributed by atoms with Crippen LogP contribution >= 0.6 is 11.8 Å². The third-order valence-corrected chi connectivity index (χ3v) is 5.35. The van der Waals surface area contributed by atoms with Crippen molar-refractivity contribution < 1.29 is 19.5 Å². The van der Waals surface area contributed by atoms with Gasteiger partial charge in [0.15, 0.2) is 0 Å². The van der Waals surface area contributed by atoms with Crippen LogP contribution in [0.4, 0.5) is 11.4 Å². The fourth-order valence-electron chi connectivity index (χ4n) is 3.00. The van der Waals surface area contributed by atoms with Gasteiger partial charge >= 0.3 is 5.97 Å². The normalized spacial score (nSPS) is 13.2. The van der Waals surface area contributed by atoms with E-state index < -0.39 is 5.97 Å². The van der Waals surface area contributed by atoms with Crippen molar-refractivity contribution in [1.29, 1.82) is 0 Å². The van der Waals surface area contributed by atoms with Crippen LogP contribution in [0.5, 0.6) is 0 Å². The van der Waals surface area contributed by atoms with E-state index >= 15 is 0 Å². The molecule has 2 aromatic rings. The molecule has 0 aliphatic carbocycles. The molecule has 7 heteroatoms. The lowest BCUT2D eigenvalue weighted by atomic mass is 9.99. The molecule has 2 N–H and O–H groups in total. The van der Waals surface area contributed by atoms with Gasteiger partial charge in [-0.3, -0.25) is 14.4 Å². The Labute approximate surface area is 161 Å². The lowest BCUT2D eigenvalue weighted by Gasteiger charge is -2.26. The summed E-state index contributed by atoms with van der Waals surface area (Å²) in [6, 6.07) is 12.7. The van der Waals surface area contributed by atoms with Crippen molar-refractivity contribution in [2.75, 3.05) is 23.0 Å². The van der Waals surface area contributed by atoms with Gasteiger partial charge in [-0.15, -0.1) is 11.8 Å².